The molecular weight excluding hydrogens is 270 g/mol. The number of carbonyl (C=O) groups is 2. The van der Waals surface area contributed by atoms with E-state index in [1.807, 2.05) is 0 Å². The van der Waals surface area contributed by atoms with E-state index in [0.717, 1.165) is 5.56 Å². The van der Waals surface area contributed by atoms with E-state index in [4.69, 9.17) is 4.42 Å². The number of nitrogens with one attached hydrogen (secondary N) is 1. The van der Waals surface area contributed by atoms with E-state index in [0.29, 0.717) is 17.9 Å². The fourth-order valence-corrected chi connectivity index (χ4v) is 1.67. The maximum Gasteiger partial charge on any atom is 0.337 e. The van der Waals surface area contributed by atoms with Gasteiger partial charge in [0.15, 0.2) is 0 Å². The molecule has 0 radical (unpaired) electrons. The molecule has 2 rings (SSSR count). The van der Waals surface area contributed by atoms with Crippen LogP contribution in [0.15, 0.2) is 53.2 Å². The highest BCUT2D eigenvalue weighted by Crippen LogP contribution is 2.06. The molecule has 108 valence electrons. The fraction of sp³-hybridized carbons (Fsp3) is 0.125. The normalized spacial score (nSPS) is 10.5. The summed E-state index contributed by atoms with van der Waals surface area (Å²) < 4.78 is 9.70. The van der Waals surface area contributed by atoms with Gasteiger partial charge in [-0.25, -0.2) is 4.79 Å². The Balaban J connectivity index is 1.85. The number of carbonyl (C=O) groups excluding carboxylic acids is 2. The number of hydrogen-bond acceptors (Lipinski definition) is 4. The van der Waals surface area contributed by atoms with Crippen LogP contribution >= 0.6 is 0 Å². The smallest absolute Gasteiger partial charge is 0.337 e. The molecule has 5 nitrogen and oxygen atoms in total. The van der Waals surface area contributed by atoms with Gasteiger partial charge in [-0.3, -0.25) is 4.79 Å². The van der Waals surface area contributed by atoms with Gasteiger partial charge in [0.05, 0.1) is 18.9 Å². The Hall–Kier alpha value is -2.82. The van der Waals surface area contributed by atoms with E-state index in [1.165, 1.54) is 13.2 Å². The van der Waals surface area contributed by atoms with Crippen LogP contribution in [-0.2, 0) is 16.1 Å². The van der Waals surface area contributed by atoms with Crippen LogP contribution in [0.1, 0.15) is 21.7 Å². The number of furan rings is 1. The maximum atomic E-state index is 11.6. The molecule has 0 unspecified atom stereocenters. The lowest BCUT2D eigenvalue weighted by molar-refractivity contribution is -0.116. The number of amides is 1. The summed E-state index contributed by atoms with van der Waals surface area (Å²) in [6, 6.07) is 10.4. The highest BCUT2D eigenvalue weighted by Gasteiger charge is 2.04. The number of esters is 1. The van der Waals surface area contributed by atoms with Gasteiger partial charge < -0.3 is 14.5 Å². The third kappa shape index (κ3) is 4.35. The molecule has 0 bridgehead atoms. The zero-order valence-electron chi connectivity index (χ0n) is 11.5. The Morgan fingerprint density at radius 1 is 1.24 bits per heavy atom. The largest absolute Gasteiger partial charge is 0.465 e. The van der Waals surface area contributed by atoms with Crippen LogP contribution in [0.4, 0.5) is 0 Å². The van der Waals surface area contributed by atoms with Crippen molar-refractivity contribution in [1.29, 1.82) is 0 Å². The molecule has 0 spiro atoms. The molecule has 5 heteroatoms. The third-order valence-corrected chi connectivity index (χ3v) is 2.78. The highest BCUT2D eigenvalue weighted by molar-refractivity contribution is 5.91. The van der Waals surface area contributed by atoms with Crippen molar-refractivity contribution in [2.45, 2.75) is 6.54 Å². The van der Waals surface area contributed by atoms with E-state index in [1.54, 1.807) is 48.7 Å². The van der Waals surface area contributed by atoms with Crippen LogP contribution in [0.25, 0.3) is 6.08 Å². The summed E-state index contributed by atoms with van der Waals surface area (Å²) in [4.78, 5) is 22.9. The summed E-state index contributed by atoms with van der Waals surface area (Å²) >= 11 is 0. The summed E-state index contributed by atoms with van der Waals surface area (Å²) in [6.07, 6.45) is 4.54. The van der Waals surface area contributed by atoms with Crippen LogP contribution in [0.2, 0.25) is 0 Å². The number of hydrogen-bond donors (Lipinski definition) is 1. The van der Waals surface area contributed by atoms with Gasteiger partial charge in [0.1, 0.15) is 5.76 Å². The highest BCUT2D eigenvalue weighted by atomic mass is 16.5. The Morgan fingerprint density at radius 3 is 2.62 bits per heavy atom. The quantitative estimate of drug-likeness (QED) is 0.676. The van der Waals surface area contributed by atoms with Gasteiger partial charge >= 0.3 is 5.97 Å². The summed E-state index contributed by atoms with van der Waals surface area (Å²) in [7, 11) is 1.34. The van der Waals surface area contributed by atoms with Crippen LogP contribution in [-0.4, -0.2) is 19.0 Å². The molecule has 0 aliphatic carbocycles. The average Bonchev–Trinajstić information content (AvgIpc) is 3.04. The summed E-state index contributed by atoms with van der Waals surface area (Å²) in [5.41, 5.74) is 1.37. The van der Waals surface area contributed by atoms with Crippen molar-refractivity contribution in [3.8, 4) is 0 Å². The van der Waals surface area contributed by atoms with Gasteiger partial charge in [-0.2, -0.15) is 0 Å². The Labute approximate surface area is 122 Å². The second-order valence-corrected chi connectivity index (χ2v) is 4.26. The van der Waals surface area contributed by atoms with E-state index >= 15 is 0 Å². The number of benzene rings is 1. The van der Waals surface area contributed by atoms with Crippen molar-refractivity contribution in [2.75, 3.05) is 7.11 Å². The Bertz CT molecular complexity index is 627. The van der Waals surface area contributed by atoms with Crippen molar-refractivity contribution >= 4 is 18.0 Å². The summed E-state index contributed by atoms with van der Waals surface area (Å²) in [5.74, 6) is 0.0167. The molecule has 21 heavy (non-hydrogen) atoms. The fourth-order valence-electron chi connectivity index (χ4n) is 1.67. The molecule has 0 saturated carbocycles. The molecule has 1 amide bonds. The molecule has 0 atom stereocenters. The van der Waals surface area contributed by atoms with Gasteiger partial charge in [-0.15, -0.1) is 0 Å². The second kappa shape index (κ2) is 7.09. The first-order valence-electron chi connectivity index (χ1n) is 6.35. The van der Waals surface area contributed by atoms with E-state index in [2.05, 4.69) is 10.1 Å². The Morgan fingerprint density at radius 2 is 2.00 bits per heavy atom. The molecule has 1 heterocycles. The summed E-state index contributed by atoms with van der Waals surface area (Å²) in [5, 5.41) is 2.74. The molecule has 0 aliphatic rings. The molecule has 1 aromatic carbocycles. The van der Waals surface area contributed by atoms with Crippen molar-refractivity contribution in [3.05, 3.63) is 65.6 Å². The van der Waals surface area contributed by atoms with Gasteiger partial charge in [0.2, 0.25) is 5.91 Å². The van der Waals surface area contributed by atoms with Crippen molar-refractivity contribution in [2.24, 2.45) is 0 Å². The first kappa shape index (κ1) is 14.6. The lowest BCUT2D eigenvalue weighted by Crippen LogP contribution is -2.20. The minimum Gasteiger partial charge on any atom is -0.465 e. The minimum absolute atomic E-state index is 0.219. The molecule has 1 aromatic heterocycles. The van der Waals surface area contributed by atoms with Gasteiger partial charge in [-0.1, -0.05) is 12.1 Å². The van der Waals surface area contributed by atoms with Crippen LogP contribution in [0, 0.1) is 0 Å². The number of rotatable bonds is 5. The van der Waals surface area contributed by atoms with Crippen molar-refractivity contribution in [3.63, 3.8) is 0 Å². The summed E-state index contributed by atoms with van der Waals surface area (Å²) in [6.45, 7) is 0.378. The van der Waals surface area contributed by atoms with Crippen LogP contribution in [0.3, 0.4) is 0 Å². The van der Waals surface area contributed by atoms with Gasteiger partial charge in [-0.05, 0) is 35.9 Å². The van der Waals surface area contributed by atoms with E-state index < -0.39 is 0 Å². The first-order valence-corrected chi connectivity index (χ1v) is 6.35. The number of ether oxygens (including phenoxy) is 1. The monoisotopic (exact) mass is 285 g/mol. The second-order valence-electron chi connectivity index (χ2n) is 4.26. The van der Waals surface area contributed by atoms with Gasteiger partial charge in [0.25, 0.3) is 0 Å². The minimum atomic E-state index is -0.382. The van der Waals surface area contributed by atoms with Crippen LogP contribution in [0.5, 0.6) is 0 Å². The molecule has 2 aromatic rings. The van der Waals surface area contributed by atoms with Crippen LogP contribution < -0.4 is 5.32 Å². The van der Waals surface area contributed by atoms with E-state index in [9.17, 15) is 9.59 Å². The SMILES string of the molecule is COC(=O)c1ccc(CNC(=O)/C=C/c2ccco2)cc1. The number of methoxy groups -OCH3 is 1. The molecule has 0 aliphatic heterocycles. The van der Waals surface area contributed by atoms with E-state index in [-0.39, 0.29) is 11.9 Å². The predicted octanol–water partition coefficient (Wildman–Crippen LogP) is 2.40. The lowest BCUT2D eigenvalue weighted by Gasteiger charge is -2.04. The zero-order valence-corrected chi connectivity index (χ0v) is 11.5. The standard InChI is InChI=1S/C16H15NO4/c1-20-16(19)13-6-4-12(5-7-13)11-17-15(18)9-8-14-3-2-10-21-14/h2-10H,11H2,1H3,(H,17,18)/b9-8+. The predicted molar refractivity (Wildman–Crippen MR) is 77.4 cm³/mol. The molecular formula is C16H15NO4. The topological polar surface area (TPSA) is 68.5 Å². The molecule has 0 fully saturated rings. The Kier molecular flexibility index (Phi) is 4.93. The lowest BCUT2D eigenvalue weighted by atomic mass is 10.1. The average molecular weight is 285 g/mol. The van der Waals surface area contributed by atoms with Gasteiger partial charge in [0, 0.05) is 12.6 Å². The van der Waals surface area contributed by atoms with Crippen molar-refractivity contribution in [1.82, 2.24) is 5.32 Å². The molecule has 0 saturated heterocycles. The first-order chi connectivity index (χ1) is 10.2. The van der Waals surface area contributed by atoms with Crippen molar-refractivity contribution < 1.29 is 18.7 Å². The third-order valence-electron chi connectivity index (χ3n) is 2.78. The zero-order chi connectivity index (χ0) is 15.1. The molecule has 1 N–H and O–H groups in total. The maximum absolute atomic E-state index is 11.6.